The van der Waals surface area contributed by atoms with Crippen molar-refractivity contribution in [2.24, 2.45) is 11.3 Å². The third-order valence-electron chi connectivity index (χ3n) is 5.01. The molecule has 3 atom stereocenters. The fourth-order valence-corrected chi connectivity index (χ4v) is 3.06. The summed E-state index contributed by atoms with van der Waals surface area (Å²) in [6.07, 6.45) is 5.60. The van der Waals surface area contributed by atoms with Gasteiger partial charge in [0.05, 0.1) is 0 Å². The van der Waals surface area contributed by atoms with Crippen molar-refractivity contribution in [2.45, 2.75) is 65.5 Å². The van der Waals surface area contributed by atoms with Crippen molar-refractivity contribution in [1.29, 1.82) is 0 Å². The number of rotatable bonds is 3. The largest absolute Gasteiger partial charge is 0.314 e. The zero-order valence-electron chi connectivity index (χ0n) is 12.1. The molecule has 2 nitrogen and oxygen atoms in total. The maximum absolute atomic E-state index is 3.81. The van der Waals surface area contributed by atoms with E-state index in [4.69, 9.17) is 0 Å². The molecule has 2 heteroatoms. The Bertz CT molecular complexity index is 244. The minimum absolute atomic E-state index is 0.432. The van der Waals surface area contributed by atoms with Gasteiger partial charge in [0.25, 0.3) is 0 Å². The number of nitrogens with one attached hydrogen (secondary N) is 1. The number of fused-ring (bicyclic) bond motifs is 1. The van der Waals surface area contributed by atoms with E-state index in [0.29, 0.717) is 5.41 Å². The molecular formula is C15H30N2. The van der Waals surface area contributed by atoms with Crippen LogP contribution in [0.25, 0.3) is 0 Å². The van der Waals surface area contributed by atoms with Crippen molar-refractivity contribution in [3.05, 3.63) is 0 Å². The van der Waals surface area contributed by atoms with Gasteiger partial charge in [0.1, 0.15) is 0 Å². The Kier molecular flexibility index (Phi) is 4.14. The van der Waals surface area contributed by atoms with Gasteiger partial charge in [-0.25, -0.2) is 0 Å². The minimum Gasteiger partial charge on any atom is -0.314 e. The van der Waals surface area contributed by atoms with E-state index in [2.05, 4.69) is 37.9 Å². The summed E-state index contributed by atoms with van der Waals surface area (Å²) < 4.78 is 0. The van der Waals surface area contributed by atoms with Crippen LogP contribution in [0.2, 0.25) is 0 Å². The van der Waals surface area contributed by atoms with Crippen LogP contribution in [0.15, 0.2) is 0 Å². The first kappa shape index (κ1) is 13.4. The first-order valence-corrected chi connectivity index (χ1v) is 7.44. The topological polar surface area (TPSA) is 15.3 Å². The molecule has 2 heterocycles. The number of piperidine rings is 1. The predicted octanol–water partition coefficient (Wildman–Crippen LogP) is 2.89. The number of hydrogen-bond acceptors (Lipinski definition) is 2. The van der Waals surface area contributed by atoms with Crippen molar-refractivity contribution in [3.8, 4) is 0 Å². The van der Waals surface area contributed by atoms with Crippen LogP contribution in [0.1, 0.15) is 53.4 Å². The van der Waals surface area contributed by atoms with Crippen LogP contribution in [0.4, 0.5) is 0 Å². The fourth-order valence-electron chi connectivity index (χ4n) is 3.06. The van der Waals surface area contributed by atoms with Crippen molar-refractivity contribution in [1.82, 2.24) is 10.2 Å². The second kappa shape index (κ2) is 5.27. The van der Waals surface area contributed by atoms with Crippen LogP contribution in [0, 0.1) is 11.3 Å². The third-order valence-corrected chi connectivity index (χ3v) is 5.01. The Morgan fingerprint density at radius 1 is 1.24 bits per heavy atom. The zero-order chi connectivity index (χ0) is 12.5. The third kappa shape index (κ3) is 3.45. The molecular weight excluding hydrogens is 208 g/mol. The van der Waals surface area contributed by atoms with E-state index in [1.54, 1.807) is 0 Å². The molecule has 0 aromatic rings. The number of hydrogen-bond donors (Lipinski definition) is 1. The van der Waals surface area contributed by atoms with E-state index in [9.17, 15) is 0 Å². The lowest BCUT2D eigenvalue weighted by molar-refractivity contribution is 0.157. The van der Waals surface area contributed by atoms with E-state index in [1.165, 1.54) is 45.3 Å². The van der Waals surface area contributed by atoms with Crippen LogP contribution >= 0.6 is 0 Å². The summed E-state index contributed by atoms with van der Waals surface area (Å²) in [6.45, 7) is 13.3. The highest BCUT2D eigenvalue weighted by Gasteiger charge is 2.31. The smallest absolute Gasteiger partial charge is 0.0111 e. The maximum atomic E-state index is 3.81. The van der Waals surface area contributed by atoms with Gasteiger partial charge in [0, 0.05) is 12.1 Å². The molecule has 17 heavy (non-hydrogen) atoms. The molecule has 0 saturated carbocycles. The van der Waals surface area contributed by atoms with Gasteiger partial charge in [-0.2, -0.15) is 0 Å². The highest BCUT2D eigenvalue weighted by Crippen LogP contribution is 2.28. The standard InChI is InChI=1S/C15H30N2/c1-12(15(2,3)4)11-16-13-7-9-17-8-5-6-14(17)10-13/h12-14,16H,5-11H2,1-4H3. The highest BCUT2D eigenvalue weighted by molar-refractivity contribution is 4.89. The lowest BCUT2D eigenvalue weighted by atomic mass is 9.82. The second-order valence-corrected chi connectivity index (χ2v) is 7.23. The second-order valence-electron chi connectivity index (χ2n) is 7.23. The van der Waals surface area contributed by atoms with Crippen molar-refractivity contribution in [3.63, 3.8) is 0 Å². The Morgan fingerprint density at radius 3 is 2.71 bits per heavy atom. The maximum Gasteiger partial charge on any atom is 0.0111 e. The van der Waals surface area contributed by atoms with E-state index in [0.717, 1.165) is 18.0 Å². The molecule has 0 bridgehead atoms. The van der Waals surface area contributed by atoms with Gasteiger partial charge in [-0.3, -0.25) is 0 Å². The van der Waals surface area contributed by atoms with E-state index in [-0.39, 0.29) is 0 Å². The van der Waals surface area contributed by atoms with Crippen LogP contribution in [-0.4, -0.2) is 36.6 Å². The monoisotopic (exact) mass is 238 g/mol. The fraction of sp³-hybridized carbons (Fsp3) is 1.00. The molecule has 0 aromatic heterocycles. The van der Waals surface area contributed by atoms with Gasteiger partial charge in [0.15, 0.2) is 0 Å². The lowest BCUT2D eigenvalue weighted by Gasteiger charge is -2.37. The molecule has 0 aromatic carbocycles. The summed E-state index contributed by atoms with van der Waals surface area (Å²) in [7, 11) is 0. The van der Waals surface area contributed by atoms with E-state index in [1.807, 2.05) is 0 Å². The molecule has 100 valence electrons. The van der Waals surface area contributed by atoms with Crippen LogP contribution in [0.5, 0.6) is 0 Å². The minimum atomic E-state index is 0.432. The molecule has 2 rings (SSSR count). The molecule has 0 spiro atoms. The van der Waals surface area contributed by atoms with Gasteiger partial charge in [0.2, 0.25) is 0 Å². The summed E-state index contributed by atoms with van der Waals surface area (Å²) in [5.41, 5.74) is 0.432. The van der Waals surface area contributed by atoms with Crippen molar-refractivity contribution in [2.75, 3.05) is 19.6 Å². The molecule has 0 radical (unpaired) electrons. The summed E-state index contributed by atoms with van der Waals surface area (Å²) in [4.78, 5) is 2.70. The van der Waals surface area contributed by atoms with Gasteiger partial charge in [-0.15, -0.1) is 0 Å². The van der Waals surface area contributed by atoms with Gasteiger partial charge in [-0.05, 0) is 56.7 Å². The highest BCUT2D eigenvalue weighted by atomic mass is 15.2. The van der Waals surface area contributed by atoms with E-state index < -0.39 is 0 Å². The molecule has 2 aliphatic heterocycles. The summed E-state index contributed by atoms with van der Waals surface area (Å²) >= 11 is 0. The molecule has 0 amide bonds. The predicted molar refractivity (Wildman–Crippen MR) is 74.2 cm³/mol. The zero-order valence-corrected chi connectivity index (χ0v) is 12.1. The Labute approximate surface area is 107 Å². The van der Waals surface area contributed by atoms with Crippen LogP contribution in [-0.2, 0) is 0 Å². The first-order chi connectivity index (χ1) is 7.97. The Balaban J connectivity index is 1.73. The summed E-state index contributed by atoms with van der Waals surface area (Å²) in [5, 5.41) is 3.81. The SMILES string of the molecule is CC(CNC1CCN2CCCC2C1)C(C)(C)C. The van der Waals surface area contributed by atoms with E-state index >= 15 is 0 Å². The molecule has 2 saturated heterocycles. The van der Waals surface area contributed by atoms with Gasteiger partial charge >= 0.3 is 0 Å². The molecule has 1 N–H and O–H groups in total. The number of nitrogens with zero attached hydrogens (tertiary/aromatic N) is 1. The normalized spacial score (nSPS) is 32.5. The quantitative estimate of drug-likeness (QED) is 0.813. The Morgan fingerprint density at radius 2 is 2.00 bits per heavy atom. The van der Waals surface area contributed by atoms with Crippen molar-refractivity contribution >= 4 is 0 Å². The van der Waals surface area contributed by atoms with Crippen molar-refractivity contribution < 1.29 is 0 Å². The van der Waals surface area contributed by atoms with Gasteiger partial charge in [-0.1, -0.05) is 27.7 Å². The molecule has 0 aliphatic carbocycles. The molecule has 3 unspecified atom stereocenters. The molecule has 2 fully saturated rings. The van der Waals surface area contributed by atoms with Crippen LogP contribution < -0.4 is 5.32 Å². The average Bonchev–Trinajstić information content (AvgIpc) is 2.71. The lowest BCUT2D eigenvalue weighted by Crippen LogP contribution is -2.47. The van der Waals surface area contributed by atoms with Gasteiger partial charge < -0.3 is 10.2 Å². The molecule has 2 aliphatic rings. The van der Waals surface area contributed by atoms with Crippen LogP contribution in [0.3, 0.4) is 0 Å². The Hall–Kier alpha value is -0.0800. The summed E-state index contributed by atoms with van der Waals surface area (Å²) in [5.74, 6) is 0.754. The summed E-state index contributed by atoms with van der Waals surface area (Å²) in [6, 6.07) is 1.67. The average molecular weight is 238 g/mol. The first-order valence-electron chi connectivity index (χ1n) is 7.44.